The molecule has 0 atom stereocenters. The van der Waals surface area contributed by atoms with Crippen molar-refractivity contribution in [2.75, 3.05) is 5.32 Å². The van der Waals surface area contributed by atoms with Gasteiger partial charge < -0.3 is 9.88 Å². The first kappa shape index (κ1) is 19.0. The number of benzene rings is 1. The summed E-state index contributed by atoms with van der Waals surface area (Å²) in [5, 5.41) is 12.4. The van der Waals surface area contributed by atoms with Gasteiger partial charge in [0.05, 0.1) is 0 Å². The predicted octanol–water partition coefficient (Wildman–Crippen LogP) is 5.46. The molecule has 1 heterocycles. The first-order valence-corrected chi connectivity index (χ1v) is 9.68. The molecule has 4 nitrogen and oxygen atoms in total. The van der Waals surface area contributed by atoms with E-state index in [4.69, 9.17) is 0 Å². The van der Waals surface area contributed by atoms with Crippen LogP contribution in [-0.2, 0) is 4.79 Å². The molecule has 1 fully saturated rings. The van der Waals surface area contributed by atoms with Gasteiger partial charge in [0.15, 0.2) is 0 Å². The van der Waals surface area contributed by atoms with E-state index in [0.717, 1.165) is 22.5 Å². The number of carbonyl (C=O) groups excluding carboxylic acids is 1. The summed E-state index contributed by atoms with van der Waals surface area (Å²) in [6.07, 6.45) is 8.00. The van der Waals surface area contributed by atoms with Crippen LogP contribution in [0.4, 0.5) is 5.69 Å². The van der Waals surface area contributed by atoms with Crippen molar-refractivity contribution in [3.05, 3.63) is 58.4 Å². The second-order valence-corrected chi connectivity index (χ2v) is 7.43. The van der Waals surface area contributed by atoms with Gasteiger partial charge in [0, 0.05) is 23.1 Å². The Morgan fingerprint density at radius 3 is 2.56 bits per heavy atom. The highest BCUT2D eigenvalue weighted by molar-refractivity contribution is 6.10. The standard InChI is InChI=1S/C23H27N3O/c1-16-9-7-8-12-22(16)25-23(27)20(15-24)14-19-13-17(2)26(18(19)3)21-10-5-4-6-11-21/h7-9,12-14,21H,4-6,10-11H2,1-3H3,(H,25,27)/b20-14-. The van der Waals surface area contributed by atoms with E-state index in [1.165, 1.54) is 37.8 Å². The van der Waals surface area contributed by atoms with Crippen molar-refractivity contribution in [1.82, 2.24) is 4.57 Å². The zero-order chi connectivity index (χ0) is 19.4. The quantitative estimate of drug-likeness (QED) is 0.580. The summed E-state index contributed by atoms with van der Waals surface area (Å²) in [4.78, 5) is 12.6. The molecule has 1 amide bonds. The molecule has 3 rings (SSSR count). The topological polar surface area (TPSA) is 57.8 Å². The second kappa shape index (κ2) is 8.26. The number of nitrogens with one attached hydrogen (secondary N) is 1. The van der Waals surface area contributed by atoms with Gasteiger partial charge in [0.25, 0.3) is 5.91 Å². The Kier molecular flexibility index (Phi) is 5.81. The number of carbonyl (C=O) groups is 1. The van der Waals surface area contributed by atoms with E-state index in [-0.39, 0.29) is 11.5 Å². The Morgan fingerprint density at radius 2 is 1.89 bits per heavy atom. The molecule has 1 N–H and O–H groups in total. The SMILES string of the molecule is Cc1ccccc1NC(=O)/C(C#N)=C\c1cc(C)n(C2CCCCC2)c1C. The molecule has 1 aromatic carbocycles. The molecule has 140 valence electrons. The first-order valence-electron chi connectivity index (χ1n) is 9.68. The highest BCUT2D eigenvalue weighted by Crippen LogP contribution is 2.32. The molecule has 0 bridgehead atoms. The van der Waals surface area contributed by atoms with E-state index in [0.29, 0.717) is 6.04 Å². The van der Waals surface area contributed by atoms with Gasteiger partial charge in [-0.05, 0) is 62.9 Å². The van der Waals surface area contributed by atoms with E-state index in [9.17, 15) is 10.1 Å². The molecule has 1 saturated carbocycles. The van der Waals surface area contributed by atoms with Crippen LogP contribution in [0.3, 0.4) is 0 Å². The number of amides is 1. The van der Waals surface area contributed by atoms with Gasteiger partial charge in [0.1, 0.15) is 11.6 Å². The maximum absolute atomic E-state index is 12.6. The molecular weight excluding hydrogens is 334 g/mol. The van der Waals surface area contributed by atoms with Crippen LogP contribution in [0, 0.1) is 32.1 Å². The summed E-state index contributed by atoms with van der Waals surface area (Å²) >= 11 is 0. The van der Waals surface area contributed by atoms with Gasteiger partial charge in [-0.15, -0.1) is 0 Å². The van der Waals surface area contributed by atoms with Gasteiger partial charge in [0.2, 0.25) is 0 Å². The Hall–Kier alpha value is -2.80. The Balaban J connectivity index is 1.86. The summed E-state index contributed by atoms with van der Waals surface area (Å²) in [5.41, 5.74) is 5.12. The van der Waals surface area contributed by atoms with Crippen LogP contribution in [0.25, 0.3) is 6.08 Å². The largest absolute Gasteiger partial charge is 0.346 e. The van der Waals surface area contributed by atoms with Gasteiger partial charge in [-0.1, -0.05) is 37.5 Å². The molecule has 0 spiro atoms. The molecular formula is C23H27N3O. The predicted molar refractivity (Wildman–Crippen MR) is 109 cm³/mol. The number of nitriles is 1. The minimum atomic E-state index is -0.366. The Labute approximate surface area is 161 Å². The number of aromatic nitrogens is 1. The van der Waals surface area contributed by atoms with Crippen LogP contribution in [0.15, 0.2) is 35.9 Å². The number of nitrogens with zero attached hydrogens (tertiary/aromatic N) is 2. The highest BCUT2D eigenvalue weighted by atomic mass is 16.1. The number of hydrogen-bond acceptors (Lipinski definition) is 2. The molecule has 1 aromatic heterocycles. The van der Waals surface area contributed by atoms with Crippen LogP contribution in [0.2, 0.25) is 0 Å². The maximum atomic E-state index is 12.6. The molecule has 0 aliphatic heterocycles. The van der Waals surface area contributed by atoms with Gasteiger partial charge in [-0.2, -0.15) is 5.26 Å². The lowest BCUT2D eigenvalue weighted by Crippen LogP contribution is -2.15. The third-order valence-electron chi connectivity index (χ3n) is 5.52. The summed E-state index contributed by atoms with van der Waals surface area (Å²) in [6.45, 7) is 6.13. The lowest BCUT2D eigenvalue weighted by atomic mass is 9.95. The van der Waals surface area contributed by atoms with Crippen LogP contribution in [0.1, 0.15) is 60.7 Å². The third kappa shape index (κ3) is 4.14. The van der Waals surface area contributed by atoms with E-state index in [2.05, 4.69) is 35.9 Å². The summed E-state index contributed by atoms with van der Waals surface area (Å²) in [6, 6.07) is 12.3. The summed E-state index contributed by atoms with van der Waals surface area (Å²) < 4.78 is 2.39. The van der Waals surface area contributed by atoms with E-state index >= 15 is 0 Å². The van der Waals surface area contributed by atoms with Crippen molar-refractivity contribution in [1.29, 1.82) is 5.26 Å². The number of aryl methyl sites for hydroxylation is 2. The zero-order valence-electron chi connectivity index (χ0n) is 16.4. The van der Waals surface area contributed by atoms with Crippen LogP contribution < -0.4 is 5.32 Å². The molecule has 0 unspecified atom stereocenters. The average Bonchev–Trinajstić information content (AvgIpc) is 2.95. The van der Waals surface area contributed by atoms with Gasteiger partial charge >= 0.3 is 0 Å². The molecule has 2 aromatic rings. The van der Waals surface area contributed by atoms with Crippen molar-refractivity contribution < 1.29 is 4.79 Å². The number of hydrogen-bond donors (Lipinski definition) is 1. The normalized spacial score (nSPS) is 15.4. The lowest BCUT2D eigenvalue weighted by molar-refractivity contribution is -0.112. The molecule has 4 heteroatoms. The molecule has 1 aliphatic rings. The second-order valence-electron chi connectivity index (χ2n) is 7.43. The van der Waals surface area contributed by atoms with Crippen molar-refractivity contribution in [2.45, 2.75) is 58.9 Å². The molecule has 1 aliphatic carbocycles. The number of para-hydroxylation sites is 1. The molecule has 27 heavy (non-hydrogen) atoms. The number of anilines is 1. The maximum Gasteiger partial charge on any atom is 0.266 e. The smallest absolute Gasteiger partial charge is 0.266 e. The van der Waals surface area contributed by atoms with Crippen LogP contribution in [0.5, 0.6) is 0 Å². The molecule has 0 radical (unpaired) electrons. The summed E-state index contributed by atoms with van der Waals surface area (Å²) in [5.74, 6) is -0.366. The van der Waals surface area contributed by atoms with E-state index in [1.807, 2.05) is 31.2 Å². The van der Waals surface area contributed by atoms with Crippen molar-refractivity contribution >= 4 is 17.7 Å². The zero-order valence-corrected chi connectivity index (χ0v) is 16.4. The van der Waals surface area contributed by atoms with Crippen LogP contribution >= 0.6 is 0 Å². The van der Waals surface area contributed by atoms with Crippen molar-refractivity contribution in [2.24, 2.45) is 0 Å². The fourth-order valence-electron chi connectivity index (χ4n) is 4.06. The average molecular weight is 361 g/mol. The third-order valence-corrected chi connectivity index (χ3v) is 5.52. The fourth-order valence-corrected chi connectivity index (χ4v) is 4.06. The summed E-state index contributed by atoms with van der Waals surface area (Å²) in [7, 11) is 0. The van der Waals surface area contributed by atoms with Gasteiger partial charge in [-0.3, -0.25) is 4.79 Å². The first-order chi connectivity index (χ1) is 13.0. The lowest BCUT2D eigenvalue weighted by Gasteiger charge is -2.26. The fraction of sp³-hybridized carbons (Fsp3) is 0.391. The van der Waals surface area contributed by atoms with Crippen molar-refractivity contribution in [3.8, 4) is 6.07 Å². The van der Waals surface area contributed by atoms with E-state index < -0.39 is 0 Å². The van der Waals surface area contributed by atoms with E-state index in [1.54, 1.807) is 6.08 Å². The highest BCUT2D eigenvalue weighted by Gasteiger charge is 2.20. The van der Waals surface area contributed by atoms with Crippen molar-refractivity contribution in [3.63, 3.8) is 0 Å². The Bertz CT molecular complexity index is 908. The van der Waals surface area contributed by atoms with Crippen LogP contribution in [-0.4, -0.2) is 10.5 Å². The minimum absolute atomic E-state index is 0.127. The monoisotopic (exact) mass is 361 g/mol. The van der Waals surface area contributed by atoms with Gasteiger partial charge in [-0.25, -0.2) is 0 Å². The Morgan fingerprint density at radius 1 is 1.19 bits per heavy atom. The number of rotatable bonds is 4. The minimum Gasteiger partial charge on any atom is -0.346 e. The molecule has 0 saturated heterocycles.